The van der Waals surface area contributed by atoms with Crippen LogP contribution in [-0.4, -0.2) is 33.5 Å². The van der Waals surface area contributed by atoms with Gasteiger partial charge in [-0.25, -0.2) is 4.98 Å². The molecular weight excluding hydrogens is 200 g/mol. The summed E-state index contributed by atoms with van der Waals surface area (Å²) in [6.07, 6.45) is 1.74. The second kappa shape index (κ2) is 4.06. The lowest BCUT2D eigenvalue weighted by Crippen LogP contribution is -2.35. The van der Waals surface area contributed by atoms with E-state index in [9.17, 15) is 4.79 Å². The lowest BCUT2D eigenvalue weighted by atomic mass is 10.2. The monoisotopic (exact) mass is 212 g/mol. The van der Waals surface area contributed by atoms with Gasteiger partial charge in [0.15, 0.2) is 0 Å². The standard InChI is InChI=1S/C9H12N2O2S/c12-9(13)8-2-1-3-11(8)4-7-5-14-6-10-7/h5-6,8H,1-4H2,(H,12,13)/t8-/m0/s1. The molecule has 0 amide bonds. The Labute approximate surface area is 86.2 Å². The highest BCUT2D eigenvalue weighted by molar-refractivity contribution is 7.07. The molecule has 1 aromatic rings. The molecule has 76 valence electrons. The molecule has 0 aliphatic carbocycles. The highest BCUT2D eigenvalue weighted by Crippen LogP contribution is 2.19. The first-order valence-electron chi connectivity index (χ1n) is 4.61. The molecule has 0 radical (unpaired) electrons. The molecule has 0 aromatic carbocycles. The molecule has 1 aliphatic heterocycles. The van der Waals surface area contributed by atoms with Crippen molar-refractivity contribution < 1.29 is 9.90 Å². The van der Waals surface area contributed by atoms with Gasteiger partial charge in [0.2, 0.25) is 0 Å². The number of carboxylic acid groups (broad SMARTS) is 1. The van der Waals surface area contributed by atoms with Gasteiger partial charge in [-0.2, -0.15) is 0 Å². The van der Waals surface area contributed by atoms with E-state index in [1.807, 2.05) is 10.3 Å². The van der Waals surface area contributed by atoms with Gasteiger partial charge >= 0.3 is 5.97 Å². The summed E-state index contributed by atoms with van der Waals surface area (Å²) in [4.78, 5) is 17.0. The molecule has 1 aromatic heterocycles. The predicted molar refractivity (Wildman–Crippen MR) is 53.2 cm³/mol. The van der Waals surface area contributed by atoms with Crippen LogP contribution in [0, 0.1) is 0 Å². The molecule has 0 spiro atoms. The van der Waals surface area contributed by atoms with E-state index < -0.39 is 5.97 Å². The number of likely N-dealkylation sites (tertiary alicyclic amines) is 1. The topological polar surface area (TPSA) is 53.4 Å². The maximum absolute atomic E-state index is 10.9. The molecule has 0 unspecified atom stereocenters. The van der Waals surface area contributed by atoms with Crippen molar-refractivity contribution >= 4 is 17.3 Å². The summed E-state index contributed by atoms with van der Waals surface area (Å²) >= 11 is 1.55. The average Bonchev–Trinajstić information content (AvgIpc) is 2.75. The van der Waals surface area contributed by atoms with Gasteiger partial charge in [0.05, 0.1) is 11.2 Å². The maximum atomic E-state index is 10.9. The summed E-state index contributed by atoms with van der Waals surface area (Å²) in [5.41, 5.74) is 2.75. The first-order chi connectivity index (χ1) is 6.77. The Bertz CT molecular complexity index is 313. The van der Waals surface area contributed by atoms with Crippen LogP contribution in [-0.2, 0) is 11.3 Å². The Balaban J connectivity index is 2.00. The van der Waals surface area contributed by atoms with Crippen molar-refractivity contribution in [3.8, 4) is 0 Å². The van der Waals surface area contributed by atoms with Crippen molar-refractivity contribution in [2.45, 2.75) is 25.4 Å². The summed E-state index contributed by atoms with van der Waals surface area (Å²) in [5, 5.41) is 10.9. The third kappa shape index (κ3) is 1.93. The van der Waals surface area contributed by atoms with E-state index in [0.717, 1.165) is 25.1 Å². The number of carbonyl (C=O) groups is 1. The van der Waals surface area contributed by atoms with Crippen LogP contribution in [0.4, 0.5) is 0 Å². The number of hydrogen-bond acceptors (Lipinski definition) is 4. The number of hydrogen-bond donors (Lipinski definition) is 1. The lowest BCUT2D eigenvalue weighted by Gasteiger charge is -2.19. The van der Waals surface area contributed by atoms with Crippen molar-refractivity contribution in [1.29, 1.82) is 0 Å². The smallest absolute Gasteiger partial charge is 0.320 e. The Morgan fingerprint density at radius 1 is 1.79 bits per heavy atom. The molecule has 4 nitrogen and oxygen atoms in total. The zero-order valence-corrected chi connectivity index (χ0v) is 8.54. The van der Waals surface area contributed by atoms with Gasteiger partial charge < -0.3 is 5.11 Å². The molecule has 5 heteroatoms. The third-order valence-electron chi connectivity index (χ3n) is 2.50. The minimum atomic E-state index is -0.710. The Kier molecular flexibility index (Phi) is 2.79. The zero-order valence-electron chi connectivity index (χ0n) is 7.72. The van der Waals surface area contributed by atoms with Crippen LogP contribution in [0.15, 0.2) is 10.9 Å². The molecule has 14 heavy (non-hydrogen) atoms. The first-order valence-corrected chi connectivity index (χ1v) is 5.55. The normalized spacial score (nSPS) is 22.7. The van der Waals surface area contributed by atoms with Gasteiger partial charge in [-0.1, -0.05) is 0 Å². The fourth-order valence-corrected chi connectivity index (χ4v) is 2.37. The number of aliphatic carboxylic acids is 1. The Morgan fingerprint density at radius 2 is 2.64 bits per heavy atom. The first kappa shape index (κ1) is 9.61. The molecule has 0 bridgehead atoms. The van der Waals surface area contributed by atoms with Gasteiger partial charge in [0.1, 0.15) is 6.04 Å². The van der Waals surface area contributed by atoms with E-state index >= 15 is 0 Å². The molecule has 1 atom stereocenters. The summed E-state index contributed by atoms with van der Waals surface area (Å²) in [6.45, 7) is 1.54. The fourth-order valence-electron chi connectivity index (χ4n) is 1.82. The molecule has 2 rings (SSSR count). The minimum Gasteiger partial charge on any atom is -0.480 e. The third-order valence-corrected chi connectivity index (χ3v) is 3.13. The Hall–Kier alpha value is -0.940. The molecule has 2 heterocycles. The van der Waals surface area contributed by atoms with Gasteiger partial charge in [0.25, 0.3) is 0 Å². The number of rotatable bonds is 3. The number of nitrogens with zero attached hydrogens (tertiary/aromatic N) is 2. The van der Waals surface area contributed by atoms with Crippen molar-refractivity contribution in [2.24, 2.45) is 0 Å². The van der Waals surface area contributed by atoms with E-state index in [1.165, 1.54) is 0 Å². The fraction of sp³-hybridized carbons (Fsp3) is 0.556. The maximum Gasteiger partial charge on any atom is 0.320 e. The van der Waals surface area contributed by atoms with Crippen LogP contribution in [0.2, 0.25) is 0 Å². The van der Waals surface area contributed by atoms with Crippen molar-refractivity contribution in [2.75, 3.05) is 6.54 Å². The van der Waals surface area contributed by atoms with Gasteiger partial charge in [0, 0.05) is 11.9 Å². The molecule has 0 saturated carbocycles. The van der Waals surface area contributed by atoms with Crippen LogP contribution in [0.25, 0.3) is 0 Å². The number of aromatic nitrogens is 1. The summed E-state index contributed by atoms with van der Waals surface area (Å²) in [7, 11) is 0. The number of thiazole rings is 1. The quantitative estimate of drug-likeness (QED) is 0.817. The van der Waals surface area contributed by atoms with E-state index in [4.69, 9.17) is 5.11 Å². The minimum absolute atomic E-state index is 0.309. The molecular formula is C9H12N2O2S. The number of carboxylic acids is 1. The van der Waals surface area contributed by atoms with Gasteiger partial charge in [-0.15, -0.1) is 11.3 Å². The summed E-state index contributed by atoms with van der Waals surface area (Å²) in [6, 6.07) is -0.309. The SMILES string of the molecule is O=C(O)[C@@H]1CCCN1Cc1cscn1. The second-order valence-electron chi connectivity index (χ2n) is 3.45. The van der Waals surface area contributed by atoms with Crippen molar-refractivity contribution in [1.82, 2.24) is 9.88 Å². The predicted octanol–water partition coefficient (Wildman–Crippen LogP) is 1.19. The Morgan fingerprint density at radius 3 is 3.29 bits per heavy atom. The highest BCUT2D eigenvalue weighted by atomic mass is 32.1. The van der Waals surface area contributed by atoms with Crippen molar-refractivity contribution in [3.05, 3.63) is 16.6 Å². The second-order valence-corrected chi connectivity index (χ2v) is 4.17. The average molecular weight is 212 g/mol. The van der Waals surface area contributed by atoms with Crippen LogP contribution in [0.1, 0.15) is 18.5 Å². The lowest BCUT2D eigenvalue weighted by molar-refractivity contribution is -0.142. The van der Waals surface area contributed by atoms with E-state index in [1.54, 1.807) is 16.8 Å². The largest absolute Gasteiger partial charge is 0.480 e. The van der Waals surface area contributed by atoms with Crippen LogP contribution < -0.4 is 0 Å². The highest BCUT2D eigenvalue weighted by Gasteiger charge is 2.30. The van der Waals surface area contributed by atoms with Gasteiger partial charge in [-0.05, 0) is 19.4 Å². The van der Waals surface area contributed by atoms with E-state index in [0.29, 0.717) is 6.54 Å². The molecule has 1 aliphatic rings. The molecule has 1 fully saturated rings. The molecule has 1 N–H and O–H groups in total. The van der Waals surface area contributed by atoms with Gasteiger partial charge in [-0.3, -0.25) is 9.69 Å². The zero-order chi connectivity index (χ0) is 9.97. The summed E-state index contributed by atoms with van der Waals surface area (Å²) < 4.78 is 0. The van der Waals surface area contributed by atoms with E-state index in [-0.39, 0.29) is 6.04 Å². The van der Waals surface area contributed by atoms with Crippen LogP contribution in [0.3, 0.4) is 0 Å². The van der Waals surface area contributed by atoms with E-state index in [2.05, 4.69) is 4.98 Å². The van der Waals surface area contributed by atoms with Crippen molar-refractivity contribution in [3.63, 3.8) is 0 Å². The summed E-state index contributed by atoms with van der Waals surface area (Å²) in [5.74, 6) is -0.710. The van der Waals surface area contributed by atoms with Crippen LogP contribution in [0.5, 0.6) is 0 Å². The van der Waals surface area contributed by atoms with Crippen LogP contribution >= 0.6 is 11.3 Å². The molecule has 1 saturated heterocycles.